The van der Waals surface area contributed by atoms with Gasteiger partial charge >= 0.3 is 6.03 Å². The zero-order valence-electron chi connectivity index (χ0n) is 16.9. The van der Waals surface area contributed by atoms with Crippen molar-refractivity contribution in [2.45, 2.75) is 32.2 Å². The Kier molecular flexibility index (Phi) is 7.31. The molecule has 0 saturated carbocycles. The summed E-state index contributed by atoms with van der Waals surface area (Å²) in [5.41, 5.74) is 3.68. The predicted molar refractivity (Wildman–Crippen MR) is 113 cm³/mol. The summed E-state index contributed by atoms with van der Waals surface area (Å²) in [6.07, 6.45) is 3.20. The fraction of sp³-hybridized carbons (Fsp3) is 0.435. The average molecular weight is 382 g/mol. The van der Waals surface area contributed by atoms with Crippen LogP contribution in [-0.2, 0) is 6.42 Å². The van der Waals surface area contributed by atoms with Gasteiger partial charge in [-0.15, -0.1) is 0 Å². The highest BCUT2D eigenvalue weighted by Gasteiger charge is 2.24. The number of likely N-dealkylation sites (tertiary alicyclic amines) is 1. The molecule has 1 atom stereocenters. The largest absolute Gasteiger partial charge is 0.496 e. The molecule has 1 aliphatic rings. The van der Waals surface area contributed by atoms with E-state index in [1.807, 2.05) is 24.3 Å². The van der Waals surface area contributed by atoms with Gasteiger partial charge in [-0.05, 0) is 62.0 Å². The first-order chi connectivity index (χ1) is 13.7. The van der Waals surface area contributed by atoms with Crippen LogP contribution in [0.15, 0.2) is 48.5 Å². The summed E-state index contributed by atoms with van der Waals surface area (Å²) in [7, 11) is 1.67. The Morgan fingerprint density at radius 3 is 2.54 bits per heavy atom. The number of rotatable bonds is 8. The van der Waals surface area contributed by atoms with E-state index in [1.54, 1.807) is 7.11 Å². The van der Waals surface area contributed by atoms with Gasteiger partial charge in [0.05, 0.1) is 13.2 Å². The minimum absolute atomic E-state index is 0.118. The summed E-state index contributed by atoms with van der Waals surface area (Å²) in [6.45, 7) is 5.52. The Hall–Kier alpha value is -2.53. The normalized spacial score (nSPS) is 15.2. The molecule has 0 aromatic heterocycles. The first kappa shape index (κ1) is 20.2. The molecule has 1 fully saturated rings. The maximum absolute atomic E-state index is 12.4. The lowest BCUT2D eigenvalue weighted by Gasteiger charge is -2.29. The van der Waals surface area contributed by atoms with Crippen molar-refractivity contribution in [3.63, 3.8) is 0 Å². The maximum Gasteiger partial charge on any atom is 0.314 e. The van der Waals surface area contributed by atoms with Gasteiger partial charge in [0.15, 0.2) is 0 Å². The molecule has 2 N–H and O–H groups in total. The van der Waals surface area contributed by atoms with Gasteiger partial charge in [0, 0.05) is 13.1 Å². The van der Waals surface area contributed by atoms with Gasteiger partial charge in [-0.3, -0.25) is 4.90 Å². The fourth-order valence-corrected chi connectivity index (χ4v) is 3.92. The zero-order chi connectivity index (χ0) is 19.8. The van der Waals surface area contributed by atoms with Crippen LogP contribution < -0.4 is 15.4 Å². The summed E-state index contributed by atoms with van der Waals surface area (Å²) in [4.78, 5) is 14.8. The molecule has 0 aliphatic carbocycles. The Morgan fingerprint density at radius 1 is 1.07 bits per heavy atom. The van der Waals surface area contributed by atoms with Crippen molar-refractivity contribution in [1.29, 1.82) is 0 Å². The van der Waals surface area contributed by atoms with E-state index >= 15 is 0 Å². The molecule has 150 valence electrons. The Balaban J connectivity index is 1.53. The number of benzene rings is 2. The number of methoxy groups -OCH3 is 1. The molecule has 2 aromatic carbocycles. The Bertz CT molecular complexity index is 772. The number of hydrogen-bond acceptors (Lipinski definition) is 3. The van der Waals surface area contributed by atoms with E-state index in [0.29, 0.717) is 13.1 Å². The van der Waals surface area contributed by atoms with Gasteiger partial charge in [0.1, 0.15) is 5.75 Å². The first-order valence-electron chi connectivity index (χ1n) is 10.1. The number of urea groups is 1. The second-order valence-corrected chi connectivity index (χ2v) is 7.31. The molecule has 0 spiro atoms. The van der Waals surface area contributed by atoms with Crippen molar-refractivity contribution in [2.75, 3.05) is 33.3 Å². The van der Waals surface area contributed by atoms with E-state index in [0.717, 1.165) is 30.8 Å². The molecule has 2 amide bonds. The number of amides is 2. The van der Waals surface area contributed by atoms with Crippen molar-refractivity contribution in [1.82, 2.24) is 15.5 Å². The zero-order valence-corrected chi connectivity index (χ0v) is 16.9. The van der Waals surface area contributed by atoms with E-state index < -0.39 is 0 Å². The summed E-state index contributed by atoms with van der Waals surface area (Å²) >= 11 is 0. The van der Waals surface area contributed by atoms with Gasteiger partial charge in [-0.2, -0.15) is 0 Å². The van der Waals surface area contributed by atoms with Crippen LogP contribution in [-0.4, -0.2) is 44.2 Å². The fourth-order valence-electron chi connectivity index (χ4n) is 3.92. The third-order valence-corrected chi connectivity index (χ3v) is 5.46. The molecule has 5 nitrogen and oxygen atoms in total. The molecule has 1 saturated heterocycles. The van der Waals surface area contributed by atoms with Gasteiger partial charge in [0.2, 0.25) is 0 Å². The molecular formula is C23H31N3O2. The van der Waals surface area contributed by atoms with E-state index in [-0.39, 0.29) is 12.1 Å². The van der Waals surface area contributed by atoms with Gasteiger partial charge < -0.3 is 15.4 Å². The first-order valence-corrected chi connectivity index (χ1v) is 10.1. The van der Waals surface area contributed by atoms with Crippen LogP contribution in [0.5, 0.6) is 5.75 Å². The van der Waals surface area contributed by atoms with E-state index in [2.05, 4.69) is 46.7 Å². The molecule has 1 unspecified atom stereocenters. The average Bonchev–Trinajstić information content (AvgIpc) is 3.24. The molecule has 0 bridgehead atoms. The molecule has 3 rings (SSSR count). The SMILES string of the molecule is COc1ccccc1CCNC(=O)NCC(c1ccccc1C)N1CCCC1. The quantitative estimate of drug-likeness (QED) is 0.733. The highest BCUT2D eigenvalue weighted by Crippen LogP contribution is 2.26. The standard InChI is InChI=1S/C23H31N3O2/c1-18-9-3-5-11-20(18)21(26-15-7-8-16-26)17-25-23(27)24-14-13-19-10-4-6-12-22(19)28-2/h3-6,9-12,21H,7-8,13-17H2,1-2H3,(H2,24,25,27). The number of hydrogen-bond donors (Lipinski definition) is 2. The van der Waals surface area contributed by atoms with Crippen molar-refractivity contribution in [2.24, 2.45) is 0 Å². The van der Waals surface area contributed by atoms with Crippen molar-refractivity contribution in [3.8, 4) is 5.75 Å². The van der Waals surface area contributed by atoms with Gasteiger partial charge in [-0.25, -0.2) is 4.79 Å². The van der Waals surface area contributed by atoms with Crippen LogP contribution in [0.4, 0.5) is 4.79 Å². The Morgan fingerprint density at radius 2 is 1.79 bits per heavy atom. The van der Waals surface area contributed by atoms with Gasteiger partial charge in [0.25, 0.3) is 0 Å². The van der Waals surface area contributed by atoms with Crippen LogP contribution in [0.2, 0.25) is 0 Å². The number of carbonyl (C=O) groups is 1. The van der Waals surface area contributed by atoms with E-state index in [9.17, 15) is 4.79 Å². The molecule has 2 aromatic rings. The second kappa shape index (κ2) is 10.1. The molecule has 5 heteroatoms. The summed E-state index contributed by atoms with van der Waals surface area (Å²) in [5.74, 6) is 0.860. The van der Waals surface area contributed by atoms with Crippen molar-refractivity contribution < 1.29 is 9.53 Å². The highest BCUT2D eigenvalue weighted by atomic mass is 16.5. The van der Waals surface area contributed by atoms with Crippen molar-refractivity contribution >= 4 is 6.03 Å². The van der Waals surface area contributed by atoms with Crippen LogP contribution in [0.3, 0.4) is 0 Å². The number of aryl methyl sites for hydroxylation is 1. The lowest BCUT2D eigenvalue weighted by atomic mass is 10.00. The molecule has 0 radical (unpaired) electrons. The van der Waals surface area contributed by atoms with Crippen molar-refractivity contribution in [3.05, 3.63) is 65.2 Å². The third-order valence-electron chi connectivity index (χ3n) is 5.46. The molecule has 1 aliphatic heterocycles. The number of nitrogens with zero attached hydrogens (tertiary/aromatic N) is 1. The predicted octanol–water partition coefficient (Wildman–Crippen LogP) is 3.68. The van der Waals surface area contributed by atoms with Crippen LogP contribution in [0.25, 0.3) is 0 Å². The minimum atomic E-state index is -0.118. The summed E-state index contributed by atoms with van der Waals surface area (Å²) in [5, 5.41) is 6.05. The Labute approximate surface area is 168 Å². The van der Waals surface area contributed by atoms with E-state index in [1.165, 1.54) is 24.0 Å². The second-order valence-electron chi connectivity index (χ2n) is 7.31. The van der Waals surface area contributed by atoms with Crippen LogP contribution in [0, 0.1) is 6.92 Å². The van der Waals surface area contributed by atoms with Gasteiger partial charge in [-0.1, -0.05) is 42.5 Å². The van der Waals surface area contributed by atoms with Crippen LogP contribution >= 0.6 is 0 Å². The summed E-state index contributed by atoms with van der Waals surface area (Å²) in [6, 6.07) is 16.5. The number of para-hydroxylation sites is 1. The molecule has 1 heterocycles. The lowest BCUT2D eigenvalue weighted by molar-refractivity contribution is 0.220. The number of ether oxygens (including phenoxy) is 1. The van der Waals surface area contributed by atoms with Crippen LogP contribution in [0.1, 0.15) is 35.6 Å². The summed E-state index contributed by atoms with van der Waals surface area (Å²) < 4.78 is 5.37. The monoisotopic (exact) mass is 381 g/mol. The number of nitrogens with one attached hydrogen (secondary N) is 2. The van der Waals surface area contributed by atoms with E-state index in [4.69, 9.17) is 4.74 Å². The molecular weight excluding hydrogens is 350 g/mol. The smallest absolute Gasteiger partial charge is 0.314 e. The highest BCUT2D eigenvalue weighted by molar-refractivity contribution is 5.73. The molecule has 28 heavy (non-hydrogen) atoms. The third kappa shape index (κ3) is 5.26. The maximum atomic E-state index is 12.4. The topological polar surface area (TPSA) is 53.6 Å². The lowest BCUT2D eigenvalue weighted by Crippen LogP contribution is -2.42. The minimum Gasteiger partial charge on any atom is -0.496 e. The number of carbonyl (C=O) groups excluding carboxylic acids is 1.